The van der Waals surface area contributed by atoms with Crippen LogP contribution >= 0.6 is 0 Å². The Morgan fingerprint density at radius 1 is 1.30 bits per heavy atom. The second kappa shape index (κ2) is 5.35. The molecule has 0 fully saturated rings. The molecule has 5 heteroatoms. The van der Waals surface area contributed by atoms with E-state index in [0.29, 0.717) is 37.2 Å². The lowest BCUT2D eigenvalue weighted by Crippen LogP contribution is -2.50. The molecule has 0 saturated heterocycles. The van der Waals surface area contributed by atoms with Gasteiger partial charge in [0.05, 0.1) is 0 Å². The van der Waals surface area contributed by atoms with Crippen LogP contribution in [0.15, 0.2) is 47.0 Å². The number of nitrogens with zero attached hydrogens (tertiary/aromatic N) is 1. The zero-order valence-electron chi connectivity index (χ0n) is 12.6. The van der Waals surface area contributed by atoms with Crippen molar-refractivity contribution in [3.63, 3.8) is 0 Å². The first-order chi connectivity index (χ1) is 11.2. The number of aliphatic hydroxyl groups is 1. The minimum absolute atomic E-state index is 0.151. The minimum Gasteiger partial charge on any atom is -0.470 e. The summed E-state index contributed by atoms with van der Waals surface area (Å²) in [4.78, 5) is 12.8. The van der Waals surface area contributed by atoms with Crippen LogP contribution in [0.25, 0.3) is 0 Å². The van der Waals surface area contributed by atoms with Gasteiger partial charge in [0.2, 0.25) is 5.78 Å². The molecule has 1 N–H and O–H groups in total. The van der Waals surface area contributed by atoms with E-state index < -0.39 is 5.60 Å². The SMILES string of the molecule is O=C1c2c(OCc3ccccc3)noc2C[C@@H]2CC=CC[C@]12O. The van der Waals surface area contributed by atoms with Crippen LogP contribution in [0.5, 0.6) is 5.88 Å². The van der Waals surface area contributed by atoms with Gasteiger partial charge in [-0.2, -0.15) is 0 Å². The normalized spacial score (nSPS) is 25.8. The molecule has 0 unspecified atom stereocenters. The summed E-state index contributed by atoms with van der Waals surface area (Å²) in [5, 5.41) is 14.7. The molecule has 2 aromatic rings. The number of aromatic nitrogens is 1. The van der Waals surface area contributed by atoms with Crippen molar-refractivity contribution in [2.45, 2.75) is 31.5 Å². The van der Waals surface area contributed by atoms with Gasteiger partial charge in [0.15, 0.2) is 5.76 Å². The van der Waals surface area contributed by atoms with E-state index in [1.165, 1.54) is 0 Å². The first-order valence-corrected chi connectivity index (χ1v) is 7.76. The molecule has 23 heavy (non-hydrogen) atoms. The van der Waals surface area contributed by atoms with Crippen LogP contribution in [-0.4, -0.2) is 21.6 Å². The van der Waals surface area contributed by atoms with Crippen molar-refractivity contribution in [3.05, 3.63) is 59.4 Å². The number of carbonyl (C=O) groups is 1. The van der Waals surface area contributed by atoms with E-state index >= 15 is 0 Å². The molecule has 1 aromatic carbocycles. The van der Waals surface area contributed by atoms with Gasteiger partial charge in [-0.3, -0.25) is 4.79 Å². The molecule has 0 aliphatic heterocycles. The number of benzene rings is 1. The largest absolute Gasteiger partial charge is 0.470 e. The summed E-state index contributed by atoms with van der Waals surface area (Å²) in [7, 11) is 0. The lowest BCUT2D eigenvalue weighted by Gasteiger charge is -2.38. The lowest BCUT2D eigenvalue weighted by molar-refractivity contribution is -0.0105. The van der Waals surface area contributed by atoms with E-state index in [0.717, 1.165) is 5.56 Å². The van der Waals surface area contributed by atoms with E-state index in [-0.39, 0.29) is 17.6 Å². The van der Waals surface area contributed by atoms with Gasteiger partial charge in [-0.1, -0.05) is 42.5 Å². The van der Waals surface area contributed by atoms with E-state index in [9.17, 15) is 9.90 Å². The van der Waals surface area contributed by atoms with Gasteiger partial charge in [0.1, 0.15) is 17.8 Å². The van der Waals surface area contributed by atoms with Crippen molar-refractivity contribution in [2.75, 3.05) is 0 Å². The quantitative estimate of drug-likeness (QED) is 0.882. The summed E-state index contributed by atoms with van der Waals surface area (Å²) in [5.41, 5.74) is -0.0855. The van der Waals surface area contributed by atoms with E-state index in [2.05, 4.69) is 5.16 Å². The Kier molecular flexibility index (Phi) is 3.31. The highest BCUT2D eigenvalue weighted by molar-refractivity contribution is 6.06. The molecular formula is C18H17NO4. The number of hydrogen-bond acceptors (Lipinski definition) is 5. The predicted octanol–water partition coefficient (Wildman–Crippen LogP) is 2.69. The summed E-state index contributed by atoms with van der Waals surface area (Å²) < 4.78 is 11.0. The van der Waals surface area contributed by atoms with Crippen LogP contribution in [0, 0.1) is 5.92 Å². The molecule has 2 aliphatic rings. The topological polar surface area (TPSA) is 72.6 Å². The Morgan fingerprint density at radius 3 is 2.96 bits per heavy atom. The van der Waals surface area contributed by atoms with Crippen LogP contribution in [-0.2, 0) is 13.0 Å². The summed E-state index contributed by atoms with van der Waals surface area (Å²) in [6.45, 7) is 0.300. The molecule has 5 nitrogen and oxygen atoms in total. The van der Waals surface area contributed by atoms with Crippen LogP contribution in [0.2, 0.25) is 0 Å². The van der Waals surface area contributed by atoms with E-state index in [1.807, 2.05) is 42.5 Å². The molecule has 1 aromatic heterocycles. The van der Waals surface area contributed by atoms with Crippen molar-refractivity contribution in [3.8, 4) is 5.88 Å². The first-order valence-electron chi connectivity index (χ1n) is 7.76. The van der Waals surface area contributed by atoms with E-state index in [4.69, 9.17) is 9.26 Å². The van der Waals surface area contributed by atoms with Crippen LogP contribution in [0.4, 0.5) is 0 Å². The van der Waals surface area contributed by atoms with Crippen LogP contribution in [0.1, 0.15) is 34.5 Å². The maximum Gasteiger partial charge on any atom is 0.265 e. The molecule has 0 bridgehead atoms. The second-order valence-corrected chi connectivity index (χ2v) is 6.13. The fourth-order valence-corrected chi connectivity index (χ4v) is 3.35. The maximum atomic E-state index is 12.8. The Balaban J connectivity index is 1.62. The van der Waals surface area contributed by atoms with Gasteiger partial charge in [-0.15, -0.1) is 0 Å². The van der Waals surface area contributed by atoms with Gasteiger partial charge in [0, 0.05) is 18.8 Å². The fraction of sp³-hybridized carbons (Fsp3) is 0.333. The van der Waals surface area contributed by atoms with Gasteiger partial charge in [-0.05, 0) is 17.1 Å². The number of allylic oxidation sites excluding steroid dienone is 1. The third-order valence-corrected chi connectivity index (χ3v) is 4.69. The molecule has 2 atom stereocenters. The molecule has 1 heterocycles. The maximum absolute atomic E-state index is 12.8. The highest BCUT2D eigenvalue weighted by Gasteiger charge is 2.51. The lowest BCUT2D eigenvalue weighted by atomic mass is 9.68. The molecule has 0 radical (unpaired) electrons. The summed E-state index contributed by atoms with van der Waals surface area (Å²) in [5.74, 6) is 0.207. The average Bonchev–Trinajstić information content (AvgIpc) is 2.98. The number of carbonyl (C=O) groups excluding carboxylic acids is 1. The van der Waals surface area contributed by atoms with Gasteiger partial charge < -0.3 is 14.4 Å². The highest BCUT2D eigenvalue weighted by Crippen LogP contribution is 2.43. The molecule has 0 amide bonds. The number of ether oxygens (including phenoxy) is 1. The van der Waals surface area contributed by atoms with Crippen LogP contribution < -0.4 is 4.74 Å². The first kappa shape index (κ1) is 14.2. The van der Waals surface area contributed by atoms with Crippen molar-refractivity contribution in [1.29, 1.82) is 0 Å². The molecule has 0 saturated carbocycles. The highest BCUT2D eigenvalue weighted by atomic mass is 16.5. The second-order valence-electron chi connectivity index (χ2n) is 6.13. The minimum atomic E-state index is -1.36. The Bertz CT molecular complexity index is 765. The fourth-order valence-electron chi connectivity index (χ4n) is 3.35. The zero-order chi connectivity index (χ0) is 15.9. The van der Waals surface area contributed by atoms with E-state index in [1.54, 1.807) is 0 Å². The Morgan fingerprint density at radius 2 is 2.13 bits per heavy atom. The number of Topliss-reactive ketones (excluding diaryl/α,β-unsaturated/α-hetero) is 1. The molecule has 4 rings (SSSR count). The average molecular weight is 311 g/mol. The van der Waals surface area contributed by atoms with Crippen molar-refractivity contribution >= 4 is 5.78 Å². The van der Waals surface area contributed by atoms with Gasteiger partial charge in [-0.25, -0.2) is 0 Å². The summed E-state index contributed by atoms with van der Waals surface area (Å²) >= 11 is 0. The van der Waals surface area contributed by atoms with Crippen molar-refractivity contribution in [1.82, 2.24) is 5.16 Å². The van der Waals surface area contributed by atoms with Gasteiger partial charge in [0.25, 0.3) is 5.88 Å². The van der Waals surface area contributed by atoms with Crippen molar-refractivity contribution < 1.29 is 19.2 Å². The number of rotatable bonds is 3. The van der Waals surface area contributed by atoms with Crippen molar-refractivity contribution in [2.24, 2.45) is 5.92 Å². The Hall–Kier alpha value is -2.40. The molecule has 0 spiro atoms. The Labute approximate surface area is 133 Å². The molecule has 2 aliphatic carbocycles. The molecule has 118 valence electrons. The predicted molar refractivity (Wildman–Crippen MR) is 82.1 cm³/mol. The smallest absolute Gasteiger partial charge is 0.265 e. The standard InChI is InChI=1S/C18H17NO4/c20-16-15-14(10-13-8-4-5-9-18(13,16)21)23-19-17(15)22-11-12-6-2-1-3-7-12/h1-7,13,21H,8-11H2/t13-,18+/m0/s1. The summed E-state index contributed by atoms with van der Waals surface area (Å²) in [6, 6.07) is 9.64. The van der Waals surface area contributed by atoms with Gasteiger partial charge >= 0.3 is 0 Å². The zero-order valence-corrected chi connectivity index (χ0v) is 12.6. The third-order valence-electron chi connectivity index (χ3n) is 4.69. The molecular weight excluding hydrogens is 294 g/mol. The monoisotopic (exact) mass is 311 g/mol. The number of hydrogen-bond donors (Lipinski definition) is 1. The summed E-state index contributed by atoms with van der Waals surface area (Å²) in [6.07, 6.45) is 5.36. The third kappa shape index (κ3) is 2.28. The number of fused-ring (bicyclic) bond motifs is 2. The van der Waals surface area contributed by atoms with Crippen LogP contribution in [0.3, 0.4) is 0 Å². The number of ketones is 1.